The molecule has 2 aromatic carbocycles. The summed E-state index contributed by atoms with van der Waals surface area (Å²) in [7, 11) is -3.79. The van der Waals surface area contributed by atoms with Crippen LogP contribution in [0.25, 0.3) is 0 Å². The van der Waals surface area contributed by atoms with Gasteiger partial charge in [0.05, 0.1) is 10.5 Å². The second-order valence-electron chi connectivity index (χ2n) is 6.35. The highest BCUT2D eigenvalue weighted by Gasteiger charge is 2.25. The summed E-state index contributed by atoms with van der Waals surface area (Å²) in [6.07, 6.45) is 0. The lowest BCUT2D eigenvalue weighted by atomic mass is 10.1. The van der Waals surface area contributed by atoms with Gasteiger partial charge in [0.15, 0.2) is 6.61 Å². The number of halogens is 2. The Bertz CT molecular complexity index is 1030. The standard InChI is InChI=1S/C20H22F2N2O5S/c1-4-24(5-2)30(27,28)18-8-14(7-6-13(18)3)20(26)29-12-19(25)23-17-10-15(21)9-16(22)11-17/h6-11H,4-5,12H2,1-3H3,(H,23,25). The fraction of sp³-hybridized carbons (Fsp3) is 0.300. The quantitative estimate of drug-likeness (QED) is 0.637. The predicted molar refractivity (Wildman–Crippen MR) is 107 cm³/mol. The number of anilines is 1. The number of rotatable bonds is 8. The Morgan fingerprint density at radius 2 is 1.63 bits per heavy atom. The normalized spacial score (nSPS) is 11.4. The van der Waals surface area contributed by atoms with Crippen LogP contribution < -0.4 is 5.32 Å². The number of nitrogens with one attached hydrogen (secondary N) is 1. The molecular formula is C20H22F2N2O5S. The summed E-state index contributed by atoms with van der Waals surface area (Å²) in [5.74, 6) is -3.46. The van der Waals surface area contributed by atoms with Gasteiger partial charge in [0.2, 0.25) is 10.0 Å². The highest BCUT2D eigenvalue weighted by Crippen LogP contribution is 2.22. The van der Waals surface area contributed by atoms with E-state index in [1.807, 2.05) is 0 Å². The van der Waals surface area contributed by atoms with Gasteiger partial charge in [-0.15, -0.1) is 0 Å². The number of aryl methyl sites for hydroxylation is 1. The van der Waals surface area contributed by atoms with Gasteiger partial charge in [-0.25, -0.2) is 22.0 Å². The van der Waals surface area contributed by atoms with E-state index in [0.717, 1.165) is 12.1 Å². The largest absolute Gasteiger partial charge is 0.452 e. The maximum atomic E-state index is 13.2. The molecule has 1 N–H and O–H groups in total. The van der Waals surface area contributed by atoms with E-state index in [9.17, 15) is 26.8 Å². The number of esters is 1. The summed E-state index contributed by atoms with van der Waals surface area (Å²) in [6.45, 7) is 4.84. The molecule has 0 heterocycles. The van der Waals surface area contributed by atoms with E-state index in [0.29, 0.717) is 11.6 Å². The molecule has 0 saturated carbocycles. The topological polar surface area (TPSA) is 92.8 Å². The first kappa shape index (κ1) is 23.4. The first-order chi connectivity index (χ1) is 14.1. The Balaban J connectivity index is 2.11. The second kappa shape index (κ2) is 9.77. The van der Waals surface area contributed by atoms with Crippen molar-refractivity contribution in [1.29, 1.82) is 0 Å². The minimum absolute atomic E-state index is 0.0275. The Morgan fingerprint density at radius 3 is 2.20 bits per heavy atom. The molecule has 0 radical (unpaired) electrons. The number of hydrogen-bond acceptors (Lipinski definition) is 5. The number of sulfonamides is 1. The molecule has 0 saturated heterocycles. The minimum atomic E-state index is -3.79. The summed E-state index contributed by atoms with van der Waals surface area (Å²) in [5.41, 5.74) is 0.289. The van der Waals surface area contributed by atoms with Crippen molar-refractivity contribution in [3.05, 3.63) is 59.2 Å². The number of ether oxygens (including phenoxy) is 1. The van der Waals surface area contributed by atoms with E-state index in [1.54, 1.807) is 20.8 Å². The van der Waals surface area contributed by atoms with Crippen LogP contribution in [0.3, 0.4) is 0 Å². The molecule has 0 bridgehead atoms. The van der Waals surface area contributed by atoms with Gasteiger partial charge in [-0.3, -0.25) is 4.79 Å². The molecule has 0 unspecified atom stereocenters. The van der Waals surface area contributed by atoms with Crippen molar-refractivity contribution in [2.45, 2.75) is 25.7 Å². The Morgan fingerprint density at radius 1 is 1.03 bits per heavy atom. The molecule has 1 amide bonds. The van der Waals surface area contributed by atoms with Crippen LogP contribution in [0.15, 0.2) is 41.3 Å². The number of amides is 1. The van der Waals surface area contributed by atoms with Crippen LogP contribution in [0, 0.1) is 18.6 Å². The maximum absolute atomic E-state index is 13.2. The third kappa shape index (κ3) is 5.61. The summed E-state index contributed by atoms with van der Waals surface area (Å²) in [6, 6.07) is 6.53. The van der Waals surface area contributed by atoms with Gasteiger partial charge in [-0.05, 0) is 36.8 Å². The van der Waals surface area contributed by atoms with Crippen LogP contribution in [0.1, 0.15) is 29.8 Å². The lowest BCUT2D eigenvalue weighted by Gasteiger charge is -2.20. The first-order valence-electron chi connectivity index (χ1n) is 9.12. The zero-order chi connectivity index (χ0) is 22.5. The van der Waals surface area contributed by atoms with Gasteiger partial charge >= 0.3 is 5.97 Å². The van der Waals surface area contributed by atoms with E-state index in [1.165, 1.54) is 22.5 Å². The molecule has 0 spiro atoms. The van der Waals surface area contributed by atoms with E-state index < -0.39 is 40.1 Å². The van der Waals surface area contributed by atoms with Crippen LogP contribution in [0.4, 0.5) is 14.5 Å². The summed E-state index contributed by atoms with van der Waals surface area (Å²) in [4.78, 5) is 24.1. The maximum Gasteiger partial charge on any atom is 0.338 e. The third-order valence-electron chi connectivity index (χ3n) is 4.23. The molecule has 0 aliphatic rings. The SMILES string of the molecule is CCN(CC)S(=O)(=O)c1cc(C(=O)OCC(=O)Nc2cc(F)cc(F)c2)ccc1C. The zero-order valence-corrected chi connectivity index (χ0v) is 17.6. The molecule has 0 aliphatic heterocycles. The molecule has 162 valence electrons. The van der Waals surface area contributed by atoms with Gasteiger partial charge in [0.25, 0.3) is 5.91 Å². The van der Waals surface area contributed by atoms with E-state index in [-0.39, 0.29) is 29.2 Å². The van der Waals surface area contributed by atoms with Crippen LogP contribution in [0.5, 0.6) is 0 Å². The summed E-state index contributed by atoms with van der Waals surface area (Å²) < 4.78 is 58.0. The smallest absolute Gasteiger partial charge is 0.338 e. The van der Waals surface area contributed by atoms with Crippen LogP contribution in [-0.4, -0.2) is 44.3 Å². The molecule has 10 heteroatoms. The second-order valence-corrected chi connectivity index (χ2v) is 8.26. The van der Waals surface area contributed by atoms with Gasteiger partial charge in [-0.2, -0.15) is 4.31 Å². The molecule has 7 nitrogen and oxygen atoms in total. The molecule has 0 aromatic heterocycles. The van der Waals surface area contributed by atoms with E-state index in [4.69, 9.17) is 4.74 Å². The average Bonchev–Trinajstić information content (AvgIpc) is 2.66. The van der Waals surface area contributed by atoms with Crippen molar-refractivity contribution >= 4 is 27.6 Å². The Kier molecular flexibility index (Phi) is 7.63. The van der Waals surface area contributed by atoms with Gasteiger partial charge in [0, 0.05) is 24.8 Å². The molecule has 0 aliphatic carbocycles. The van der Waals surface area contributed by atoms with Gasteiger partial charge in [-0.1, -0.05) is 19.9 Å². The lowest BCUT2D eigenvalue weighted by molar-refractivity contribution is -0.119. The first-order valence-corrected chi connectivity index (χ1v) is 10.6. The summed E-state index contributed by atoms with van der Waals surface area (Å²) in [5, 5.41) is 2.21. The fourth-order valence-corrected chi connectivity index (χ4v) is 4.45. The lowest BCUT2D eigenvalue weighted by Crippen LogP contribution is -2.31. The monoisotopic (exact) mass is 440 g/mol. The summed E-state index contributed by atoms with van der Waals surface area (Å²) >= 11 is 0. The number of nitrogens with zero attached hydrogens (tertiary/aromatic N) is 1. The molecule has 30 heavy (non-hydrogen) atoms. The van der Waals surface area contributed by atoms with Crippen molar-refractivity contribution in [3.8, 4) is 0 Å². The van der Waals surface area contributed by atoms with Crippen LogP contribution >= 0.6 is 0 Å². The van der Waals surface area contributed by atoms with Crippen molar-refractivity contribution in [2.75, 3.05) is 25.0 Å². The number of carbonyl (C=O) groups is 2. The Hall–Kier alpha value is -2.85. The zero-order valence-electron chi connectivity index (χ0n) is 16.7. The van der Waals surface area contributed by atoms with Crippen LogP contribution in [-0.2, 0) is 19.6 Å². The van der Waals surface area contributed by atoms with Gasteiger partial charge < -0.3 is 10.1 Å². The van der Waals surface area contributed by atoms with E-state index >= 15 is 0 Å². The number of carbonyl (C=O) groups excluding carboxylic acids is 2. The van der Waals surface area contributed by atoms with Gasteiger partial charge in [0.1, 0.15) is 11.6 Å². The highest BCUT2D eigenvalue weighted by molar-refractivity contribution is 7.89. The number of hydrogen-bond donors (Lipinski definition) is 1. The molecule has 0 atom stereocenters. The predicted octanol–water partition coefficient (Wildman–Crippen LogP) is 3.10. The highest BCUT2D eigenvalue weighted by atomic mass is 32.2. The van der Waals surface area contributed by atoms with Crippen molar-refractivity contribution in [3.63, 3.8) is 0 Å². The molecule has 2 rings (SSSR count). The third-order valence-corrected chi connectivity index (χ3v) is 6.42. The van der Waals surface area contributed by atoms with Crippen LogP contribution in [0.2, 0.25) is 0 Å². The molecular weight excluding hydrogens is 418 g/mol. The average molecular weight is 440 g/mol. The van der Waals surface area contributed by atoms with Crippen molar-refractivity contribution in [2.24, 2.45) is 0 Å². The molecule has 2 aromatic rings. The van der Waals surface area contributed by atoms with Crippen molar-refractivity contribution < 1.29 is 31.5 Å². The van der Waals surface area contributed by atoms with E-state index in [2.05, 4.69) is 5.32 Å². The Labute approximate surface area is 173 Å². The number of benzene rings is 2. The fourth-order valence-electron chi connectivity index (χ4n) is 2.75. The minimum Gasteiger partial charge on any atom is -0.452 e. The molecule has 0 fully saturated rings. The van der Waals surface area contributed by atoms with Crippen molar-refractivity contribution in [1.82, 2.24) is 4.31 Å².